The maximum atomic E-state index is 12.0. The monoisotopic (exact) mass is 354 g/mol. The maximum absolute atomic E-state index is 12.0. The molecule has 1 heterocycles. The molecule has 0 aliphatic heterocycles. The quantitative estimate of drug-likeness (QED) is 0.711. The molecule has 0 radical (unpaired) electrons. The first-order chi connectivity index (χ1) is 12.5. The van der Waals surface area contributed by atoms with Crippen molar-refractivity contribution in [2.24, 2.45) is 0 Å². The van der Waals surface area contributed by atoms with Crippen molar-refractivity contribution in [1.29, 1.82) is 0 Å². The number of aromatic nitrogens is 1. The van der Waals surface area contributed by atoms with Gasteiger partial charge in [-0.25, -0.2) is 4.98 Å². The number of carbonyl (C=O) groups excluding carboxylic acids is 2. The molecule has 1 aliphatic carbocycles. The predicted octanol–water partition coefficient (Wildman–Crippen LogP) is 2.55. The molecule has 0 saturated heterocycles. The Balaban J connectivity index is 1.61. The largest absolute Gasteiger partial charge is 0.495 e. The summed E-state index contributed by atoms with van der Waals surface area (Å²) < 4.78 is 5.25. The number of amides is 2. The second-order valence-corrected chi connectivity index (χ2v) is 6.25. The lowest BCUT2D eigenvalue weighted by molar-refractivity contribution is -0.114. The number of anilines is 2. The fourth-order valence-electron chi connectivity index (χ4n) is 2.47. The molecule has 1 fully saturated rings. The van der Waals surface area contributed by atoms with E-state index in [2.05, 4.69) is 20.9 Å². The molecule has 2 aromatic rings. The van der Waals surface area contributed by atoms with Gasteiger partial charge in [0.05, 0.1) is 18.4 Å². The Morgan fingerprint density at radius 1 is 1.23 bits per heavy atom. The van der Waals surface area contributed by atoms with Gasteiger partial charge in [0.15, 0.2) is 0 Å². The molecule has 26 heavy (non-hydrogen) atoms. The molecule has 1 aromatic carbocycles. The van der Waals surface area contributed by atoms with Crippen LogP contribution >= 0.6 is 0 Å². The van der Waals surface area contributed by atoms with Crippen LogP contribution in [0.3, 0.4) is 0 Å². The highest BCUT2D eigenvalue weighted by atomic mass is 16.5. The zero-order valence-electron chi connectivity index (χ0n) is 14.8. The fourth-order valence-corrected chi connectivity index (χ4v) is 2.47. The molecule has 1 aliphatic rings. The number of benzene rings is 1. The number of methoxy groups -OCH3 is 1. The van der Waals surface area contributed by atoms with Gasteiger partial charge in [0.1, 0.15) is 11.6 Å². The van der Waals surface area contributed by atoms with Crippen molar-refractivity contribution in [2.45, 2.75) is 32.4 Å². The molecule has 1 saturated carbocycles. The minimum atomic E-state index is -0.157. The highest BCUT2D eigenvalue weighted by molar-refractivity contribution is 5.94. The van der Waals surface area contributed by atoms with E-state index in [0.29, 0.717) is 35.4 Å². The Morgan fingerprint density at radius 3 is 2.65 bits per heavy atom. The van der Waals surface area contributed by atoms with Gasteiger partial charge in [-0.15, -0.1) is 0 Å². The molecule has 7 heteroatoms. The summed E-state index contributed by atoms with van der Waals surface area (Å²) >= 11 is 0. The summed E-state index contributed by atoms with van der Waals surface area (Å²) in [4.78, 5) is 27.5. The SMILES string of the molecule is COc1ccc(CNc2ccc(C(=O)NC3CC3)cn2)cc1NC(C)=O. The topological polar surface area (TPSA) is 92.3 Å². The van der Waals surface area contributed by atoms with Crippen LogP contribution < -0.4 is 20.7 Å². The van der Waals surface area contributed by atoms with Crippen LogP contribution in [-0.2, 0) is 11.3 Å². The van der Waals surface area contributed by atoms with Crippen LogP contribution in [-0.4, -0.2) is 29.9 Å². The molecule has 0 unspecified atom stereocenters. The van der Waals surface area contributed by atoms with Crippen molar-refractivity contribution >= 4 is 23.3 Å². The lowest BCUT2D eigenvalue weighted by Crippen LogP contribution is -2.25. The number of pyridine rings is 1. The normalized spacial score (nSPS) is 13.0. The smallest absolute Gasteiger partial charge is 0.253 e. The molecular weight excluding hydrogens is 332 g/mol. The summed E-state index contributed by atoms with van der Waals surface area (Å²) in [6.45, 7) is 1.98. The second-order valence-electron chi connectivity index (χ2n) is 6.25. The first-order valence-corrected chi connectivity index (χ1v) is 8.50. The van der Waals surface area contributed by atoms with Crippen molar-refractivity contribution in [3.05, 3.63) is 47.7 Å². The number of hydrogen-bond donors (Lipinski definition) is 3. The van der Waals surface area contributed by atoms with E-state index in [9.17, 15) is 9.59 Å². The molecule has 1 aromatic heterocycles. The highest BCUT2D eigenvalue weighted by Gasteiger charge is 2.23. The van der Waals surface area contributed by atoms with E-state index in [1.54, 1.807) is 31.5 Å². The minimum absolute atomic E-state index is 0.0818. The third-order valence-electron chi connectivity index (χ3n) is 3.99. The summed E-state index contributed by atoms with van der Waals surface area (Å²) in [6, 6.07) is 9.43. The number of rotatable bonds is 7. The van der Waals surface area contributed by atoms with E-state index < -0.39 is 0 Å². The van der Waals surface area contributed by atoms with E-state index >= 15 is 0 Å². The summed E-state index contributed by atoms with van der Waals surface area (Å²) in [5.41, 5.74) is 2.14. The number of hydrogen-bond acceptors (Lipinski definition) is 5. The molecule has 3 N–H and O–H groups in total. The van der Waals surface area contributed by atoms with Crippen molar-refractivity contribution in [3.8, 4) is 5.75 Å². The first kappa shape index (κ1) is 17.7. The Morgan fingerprint density at radius 2 is 2.04 bits per heavy atom. The number of nitrogens with zero attached hydrogens (tertiary/aromatic N) is 1. The average molecular weight is 354 g/mol. The minimum Gasteiger partial charge on any atom is -0.495 e. The Bertz CT molecular complexity index is 801. The van der Waals surface area contributed by atoms with E-state index in [1.165, 1.54) is 6.92 Å². The molecule has 0 spiro atoms. The van der Waals surface area contributed by atoms with E-state index in [0.717, 1.165) is 18.4 Å². The van der Waals surface area contributed by atoms with Crippen molar-refractivity contribution < 1.29 is 14.3 Å². The van der Waals surface area contributed by atoms with E-state index in [-0.39, 0.29) is 11.8 Å². The van der Waals surface area contributed by atoms with Gasteiger partial charge < -0.3 is 20.7 Å². The maximum Gasteiger partial charge on any atom is 0.253 e. The van der Waals surface area contributed by atoms with E-state index in [4.69, 9.17) is 4.74 Å². The molecule has 2 amide bonds. The molecule has 0 atom stereocenters. The zero-order chi connectivity index (χ0) is 18.5. The molecule has 0 bridgehead atoms. The Hall–Kier alpha value is -3.09. The zero-order valence-corrected chi connectivity index (χ0v) is 14.8. The van der Waals surface area contributed by atoms with Crippen LogP contribution in [0.2, 0.25) is 0 Å². The van der Waals surface area contributed by atoms with Crippen molar-refractivity contribution in [1.82, 2.24) is 10.3 Å². The highest BCUT2D eigenvalue weighted by Crippen LogP contribution is 2.26. The van der Waals surface area contributed by atoms with Crippen LogP contribution in [0.25, 0.3) is 0 Å². The molecule has 136 valence electrons. The van der Waals surface area contributed by atoms with Gasteiger partial charge in [-0.2, -0.15) is 0 Å². The first-order valence-electron chi connectivity index (χ1n) is 8.50. The fraction of sp³-hybridized carbons (Fsp3) is 0.316. The number of ether oxygens (including phenoxy) is 1. The van der Waals surface area contributed by atoms with Gasteiger partial charge in [0, 0.05) is 25.7 Å². The third-order valence-corrected chi connectivity index (χ3v) is 3.99. The van der Waals surface area contributed by atoms with Gasteiger partial charge in [0.25, 0.3) is 5.91 Å². The van der Waals surface area contributed by atoms with Crippen molar-refractivity contribution in [2.75, 3.05) is 17.7 Å². The summed E-state index contributed by atoms with van der Waals surface area (Å²) in [5.74, 6) is 1.04. The molecule has 7 nitrogen and oxygen atoms in total. The van der Waals surface area contributed by atoms with Crippen LogP contribution in [0.1, 0.15) is 35.7 Å². The van der Waals surface area contributed by atoms with Gasteiger partial charge in [0.2, 0.25) is 5.91 Å². The summed E-state index contributed by atoms with van der Waals surface area (Å²) in [5, 5.41) is 8.89. The molecule has 3 rings (SSSR count). The van der Waals surface area contributed by atoms with Gasteiger partial charge in [-0.1, -0.05) is 6.07 Å². The second kappa shape index (κ2) is 7.86. The third kappa shape index (κ3) is 4.72. The van der Waals surface area contributed by atoms with Crippen LogP contribution in [0, 0.1) is 0 Å². The van der Waals surface area contributed by atoms with Gasteiger partial charge >= 0.3 is 0 Å². The van der Waals surface area contributed by atoms with Crippen molar-refractivity contribution in [3.63, 3.8) is 0 Å². The van der Waals surface area contributed by atoms with Gasteiger partial charge in [-0.05, 0) is 42.7 Å². The Kier molecular flexibility index (Phi) is 5.36. The van der Waals surface area contributed by atoms with E-state index in [1.807, 2.05) is 12.1 Å². The standard InChI is InChI=1S/C19H22N4O3/c1-12(24)22-16-9-13(3-7-17(16)26-2)10-20-18-8-4-14(11-21-18)19(25)23-15-5-6-15/h3-4,7-9,11,15H,5-6,10H2,1-2H3,(H,20,21)(H,22,24)(H,23,25). The lowest BCUT2D eigenvalue weighted by atomic mass is 10.1. The number of nitrogens with one attached hydrogen (secondary N) is 3. The average Bonchev–Trinajstić information content (AvgIpc) is 3.44. The van der Waals surface area contributed by atoms with Gasteiger partial charge in [-0.3, -0.25) is 9.59 Å². The Labute approximate surface area is 152 Å². The van der Waals surface area contributed by atoms with Crippen LogP contribution in [0.15, 0.2) is 36.5 Å². The predicted molar refractivity (Wildman–Crippen MR) is 99.3 cm³/mol. The summed E-state index contributed by atoms with van der Waals surface area (Å²) in [7, 11) is 1.56. The van der Waals surface area contributed by atoms with Crippen LogP contribution in [0.4, 0.5) is 11.5 Å². The van der Waals surface area contributed by atoms with Crippen LogP contribution in [0.5, 0.6) is 5.75 Å². The lowest BCUT2D eigenvalue weighted by Gasteiger charge is -2.12. The number of carbonyl (C=O) groups is 2. The summed E-state index contributed by atoms with van der Waals surface area (Å²) in [6.07, 6.45) is 3.68. The molecular formula is C19H22N4O3.